The number of amides is 1. The van der Waals surface area contributed by atoms with E-state index in [9.17, 15) is 4.79 Å². The van der Waals surface area contributed by atoms with Crippen LogP contribution in [0.25, 0.3) is 0 Å². The van der Waals surface area contributed by atoms with Crippen LogP contribution in [0.1, 0.15) is 38.1 Å². The molecule has 0 saturated carbocycles. The molecule has 2 aromatic carbocycles. The molecular weight excluding hydrogens is 392 g/mol. The lowest BCUT2D eigenvalue weighted by Gasteiger charge is -2.30. The molecule has 0 heterocycles. The monoisotopic (exact) mass is 418 g/mol. The fourth-order valence-electron chi connectivity index (χ4n) is 2.85. The maximum absolute atomic E-state index is 12.3. The molecule has 0 aliphatic heterocycles. The molecule has 0 aromatic heterocycles. The number of anilines is 1. The molecule has 0 unspecified atom stereocenters. The number of rotatable bonds is 8. The van der Waals surface area contributed by atoms with Gasteiger partial charge in [-0.15, -0.1) is 0 Å². The first-order chi connectivity index (χ1) is 12.4. The Hall–Kier alpha value is -1.85. The summed E-state index contributed by atoms with van der Waals surface area (Å²) in [6.45, 7) is 10.3. The van der Waals surface area contributed by atoms with Crippen LogP contribution in [-0.4, -0.2) is 36.0 Å². The van der Waals surface area contributed by atoms with Crippen LogP contribution in [0.5, 0.6) is 5.75 Å². The highest BCUT2D eigenvalue weighted by atomic mass is 79.9. The van der Waals surface area contributed by atoms with Crippen LogP contribution in [0, 0.1) is 0 Å². The van der Waals surface area contributed by atoms with E-state index in [1.807, 2.05) is 36.4 Å². The minimum atomic E-state index is -0.135. The van der Waals surface area contributed by atoms with Crippen molar-refractivity contribution in [3.05, 3.63) is 58.6 Å². The summed E-state index contributed by atoms with van der Waals surface area (Å²) in [5, 5.41) is 2.89. The van der Waals surface area contributed by atoms with Crippen molar-refractivity contribution in [1.29, 1.82) is 0 Å². The molecule has 0 aliphatic rings. The van der Waals surface area contributed by atoms with Gasteiger partial charge in [-0.2, -0.15) is 0 Å². The smallest absolute Gasteiger partial charge is 0.255 e. The van der Waals surface area contributed by atoms with Crippen LogP contribution in [0.3, 0.4) is 0 Å². The van der Waals surface area contributed by atoms with Gasteiger partial charge in [0.25, 0.3) is 5.91 Å². The number of ether oxygens (including phenoxy) is 1. The molecule has 0 aliphatic carbocycles. The number of hydrogen-bond acceptors (Lipinski definition) is 3. The molecule has 1 amide bonds. The van der Waals surface area contributed by atoms with Crippen molar-refractivity contribution in [1.82, 2.24) is 4.90 Å². The molecule has 2 rings (SSSR count). The molecular formula is C21H27BrN2O2. The SMILES string of the molecule is CC(C)N(CCOc1ccc(NC(=O)c2cccc(Br)c2)cc1)C(C)C. The average molecular weight is 419 g/mol. The molecule has 0 fully saturated rings. The van der Waals surface area contributed by atoms with Crippen molar-refractivity contribution in [2.45, 2.75) is 39.8 Å². The summed E-state index contributed by atoms with van der Waals surface area (Å²) in [5.41, 5.74) is 1.36. The molecule has 0 radical (unpaired) electrons. The van der Waals surface area contributed by atoms with E-state index in [-0.39, 0.29) is 5.91 Å². The molecule has 140 valence electrons. The predicted molar refractivity (Wildman–Crippen MR) is 111 cm³/mol. The zero-order valence-corrected chi connectivity index (χ0v) is 17.4. The fourth-order valence-corrected chi connectivity index (χ4v) is 3.25. The molecule has 1 N–H and O–H groups in total. The summed E-state index contributed by atoms with van der Waals surface area (Å²) in [6.07, 6.45) is 0. The second kappa shape index (κ2) is 9.74. The maximum atomic E-state index is 12.3. The number of halogens is 1. The van der Waals surface area contributed by atoms with Crippen molar-refractivity contribution < 1.29 is 9.53 Å². The topological polar surface area (TPSA) is 41.6 Å². The van der Waals surface area contributed by atoms with Gasteiger partial charge in [0.05, 0.1) is 0 Å². The Balaban J connectivity index is 1.87. The highest BCUT2D eigenvalue weighted by Gasteiger charge is 2.13. The van der Waals surface area contributed by atoms with Crippen LogP contribution < -0.4 is 10.1 Å². The van der Waals surface area contributed by atoms with Gasteiger partial charge in [-0.25, -0.2) is 0 Å². The first-order valence-electron chi connectivity index (χ1n) is 8.92. The predicted octanol–water partition coefficient (Wildman–Crippen LogP) is 5.20. The Bertz CT molecular complexity index is 706. The Morgan fingerprint density at radius 1 is 1.08 bits per heavy atom. The molecule has 0 atom stereocenters. The molecule has 0 saturated heterocycles. The van der Waals surface area contributed by atoms with Gasteiger partial charge in [-0.05, 0) is 70.2 Å². The summed E-state index contributed by atoms with van der Waals surface area (Å²) >= 11 is 3.38. The average Bonchev–Trinajstić information content (AvgIpc) is 2.59. The zero-order chi connectivity index (χ0) is 19.1. The summed E-state index contributed by atoms with van der Waals surface area (Å²) in [6, 6.07) is 15.8. The van der Waals surface area contributed by atoms with Crippen LogP contribution in [0.2, 0.25) is 0 Å². The third kappa shape index (κ3) is 6.15. The lowest BCUT2D eigenvalue weighted by Crippen LogP contribution is -2.39. The minimum absolute atomic E-state index is 0.135. The van der Waals surface area contributed by atoms with Gasteiger partial charge in [0.1, 0.15) is 12.4 Å². The number of hydrogen-bond donors (Lipinski definition) is 1. The van der Waals surface area contributed by atoms with Crippen molar-refractivity contribution >= 4 is 27.5 Å². The third-order valence-corrected chi connectivity index (χ3v) is 4.64. The van der Waals surface area contributed by atoms with E-state index < -0.39 is 0 Å². The van der Waals surface area contributed by atoms with E-state index in [4.69, 9.17) is 4.74 Å². The van der Waals surface area contributed by atoms with Gasteiger partial charge in [0.2, 0.25) is 0 Å². The molecule has 26 heavy (non-hydrogen) atoms. The molecule has 4 nitrogen and oxygen atoms in total. The van der Waals surface area contributed by atoms with E-state index in [1.54, 1.807) is 12.1 Å². The summed E-state index contributed by atoms with van der Waals surface area (Å²) in [5.74, 6) is 0.669. The summed E-state index contributed by atoms with van der Waals surface area (Å²) in [7, 11) is 0. The van der Waals surface area contributed by atoms with Gasteiger partial charge in [-0.3, -0.25) is 9.69 Å². The molecule has 0 spiro atoms. The van der Waals surface area contributed by atoms with Gasteiger partial charge in [0, 0.05) is 34.4 Å². The maximum Gasteiger partial charge on any atom is 0.255 e. The number of carbonyl (C=O) groups excluding carboxylic acids is 1. The Labute approximate surface area is 164 Å². The lowest BCUT2D eigenvalue weighted by atomic mass is 10.2. The Kier molecular flexibility index (Phi) is 7.66. The van der Waals surface area contributed by atoms with E-state index in [2.05, 4.69) is 53.8 Å². The van der Waals surface area contributed by atoms with Gasteiger partial charge < -0.3 is 10.1 Å². The third-order valence-electron chi connectivity index (χ3n) is 4.14. The second-order valence-corrected chi connectivity index (χ2v) is 7.68. The highest BCUT2D eigenvalue weighted by Crippen LogP contribution is 2.18. The molecule has 0 bridgehead atoms. The summed E-state index contributed by atoms with van der Waals surface area (Å²) < 4.78 is 6.72. The first-order valence-corrected chi connectivity index (χ1v) is 9.71. The lowest BCUT2D eigenvalue weighted by molar-refractivity contribution is 0.102. The number of carbonyl (C=O) groups is 1. The standard InChI is InChI=1S/C21H27BrN2O2/c1-15(2)24(16(3)4)12-13-26-20-10-8-19(9-11-20)23-21(25)17-6-5-7-18(22)14-17/h5-11,14-16H,12-13H2,1-4H3,(H,23,25). The molecule has 5 heteroatoms. The van der Waals surface area contributed by atoms with E-state index in [0.29, 0.717) is 24.3 Å². The van der Waals surface area contributed by atoms with E-state index in [1.165, 1.54) is 0 Å². The zero-order valence-electron chi connectivity index (χ0n) is 15.8. The normalized spacial score (nSPS) is 11.2. The largest absolute Gasteiger partial charge is 0.492 e. The van der Waals surface area contributed by atoms with Gasteiger partial charge >= 0.3 is 0 Å². The van der Waals surface area contributed by atoms with Crippen LogP contribution >= 0.6 is 15.9 Å². The van der Waals surface area contributed by atoms with Crippen LogP contribution in [0.15, 0.2) is 53.0 Å². The van der Waals surface area contributed by atoms with Crippen molar-refractivity contribution in [3.8, 4) is 5.75 Å². The Morgan fingerprint density at radius 2 is 1.73 bits per heavy atom. The Morgan fingerprint density at radius 3 is 2.31 bits per heavy atom. The minimum Gasteiger partial charge on any atom is -0.492 e. The van der Waals surface area contributed by atoms with Crippen molar-refractivity contribution in [3.63, 3.8) is 0 Å². The van der Waals surface area contributed by atoms with E-state index >= 15 is 0 Å². The second-order valence-electron chi connectivity index (χ2n) is 6.76. The van der Waals surface area contributed by atoms with Crippen molar-refractivity contribution in [2.24, 2.45) is 0 Å². The fraction of sp³-hybridized carbons (Fsp3) is 0.381. The first kappa shape index (κ1) is 20.5. The van der Waals surface area contributed by atoms with Gasteiger partial charge in [-0.1, -0.05) is 22.0 Å². The number of nitrogens with one attached hydrogen (secondary N) is 1. The van der Waals surface area contributed by atoms with Crippen LogP contribution in [-0.2, 0) is 0 Å². The van der Waals surface area contributed by atoms with Gasteiger partial charge in [0.15, 0.2) is 0 Å². The number of nitrogens with zero attached hydrogens (tertiary/aromatic N) is 1. The van der Waals surface area contributed by atoms with Crippen molar-refractivity contribution in [2.75, 3.05) is 18.5 Å². The highest BCUT2D eigenvalue weighted by molar-refractivity contribution is 9.10. The van der Waals surface area contributed by atoms with E-state index in [0.717, 1.165) is 22.5 Å². The quantitative estimate of drug-likeness (QED) is 0.640. The van der Waals surface area contributed by atoms with Crippen LogP contribution in [0.4, 0.5) is 5.69 Å². The summed E-state index contributed by atoms with van der Waals surface area (Å²) in [4.78, 5) is 14.7. The molecule has 2 aromatic rings. The number of benzene rings is 2.